The number of aromatic amines is 4. The van der Waals surface area contributed by atoms with E-state index in [0.717, 1.165) is 187 Å². The highest BCUT2D eigenvalue weighted by atomic mass is 16.2. The van der Waals surface area contributed by atoms with E-state index in [1.807, 2.05) is 133 Å². The summed E-state index contributed by atoms with van der Waals surface area (Å²) in [4.78, 5) is 91.8. The van der Waals surface area contributed by atoms with E-state index in [1.165, 1.54) is 0 Å². The first-order valence-corrected chi connectivity index (χ1v) is 36.4. The molecule has 0 atom stereocenters. The van der Waals surface area contributed by atoms with E-state index in [2.05, 4.69) is 145 Å². The number of amides is 2. The van der Waals surface area contributed by atoms with Gasteiger partial charge in [0.25, 0.3) is 0 Å². The fourth-order valence-corrected chi connectivity index (χ4v) is 15.1. The normalized spacial score (nSPS) is 12.0. The lowest BCUT2D eigenvalue weighted by Crippen LogP contribution is -2.12. The molecule has 4 aliphatic rings. The molecule has 14 aromatic rings. The van der Waals surface area contributed by atoms with Crippen molar-refractivity contribution in [3.63, 3.8) is 0 Å². The second-order valence-corrected chi connectivity index (χ2v) is 26.9. The van der Waals surface area contributed by atoms with Gasteiger partial charge in [-0.05, 0) is 228 Å². The van der Waals surface area contributed by atoms with E-state index in [0.29, 0.717) is 48.4 Å². The Balaban J connectivity index is 0.612. The highest BCUT2D eigenvalue weighted by Crippen LogP contribution is 2.43. The van der Waals surface area contributed by atoms with Gasteiger partial charge in [-0.15, -0.1) is 0 Å². The second-order valence-electron chi connectivity index (χ2n) is 26.9. The van der Waals surface area contributed by atoms with Crippen LogP contribution in [0.15, 0.2) is 244 Å². The zero-order chi connectivity index (χ0) is 73.0. The molecule has 0 saturated heterocycles. The molecule has 4 aliphatic heterocycles. The first kappa shape index (κ1) is 66.4. The van der Waals surface area contributed by atoms with Crippen molar-refractivity contribution >= 4 is 116 Å². The number of unbranched alkanes of at least 4 members (excludes halogenated alkanes) is 4. The number of anilines is 2. The number of nitrogens with zero attached hydrogens (tertiary/aromatic N) is 10. The van der Waals surface area contributed by atoms with Crippen molar-refractivity contribution in [2.45, 2.75) is 44.9 Å². The van der Waals surface area contributed by atoms with Crippen LogP contribution in [0.3, 0.4) is 0 Å². The molecule has 0 aliphatic carbocycles. The molecule has 0 unspecified atom stereocenters. The van der Waals surface area contributed by atoms with Crippen LogP contribution in [0.1, 0.15) is 90.5 Å². The second kappa shape index (κ2) is 29.6. The first-order chi connectivity index (χ1) is 53.9. The number of carbonyl (C=O) groups is 2. The third-order valence-electron chi connectivity index (χ3n) is 20.1. The van der Waals surface area contributed by atoms with Gasteiger partial charge in [0.05, 0.1) is 45.6 Å². The molecular weight excluding hydrogens is 1350 g/mol. The van der Waals surface area contributed by atoms with Gasteiger partial charge in [0, 0.05) is 198 Å². The molecule has 109 heavy (non-hydrogen) atoms. The average Bonchev–Trinajstić information content (AvgIpc) is 1.62. The van der Waals surface area contributed by atoms with Crippen LogP contribution in [-0.4, -0.2) is 81.6 Å². The number of carbonyl (C=O) groups excluding carboxylic acids is 2. The Morgan fingerprint density at radius 1 is 0.239 bits per heavy atom. The maximum atomic E-state index is 14.3. The number of H-pyrrole nitrogens is 4. The summed E-state index contributed by atoms with van der Waals surface area (Å²) in [7, 11) is 0. The molecule has 6 N–H and O–H groups in total. The van der Waals surface area contributed by atoms with Gasteiger partial charge in [0.2, 0.25) is 11.8 Å². The summed E-state index contributed by atoms with van der Waals surface area (Å²) in [5.74, 6) is -0.197. The maximum Gasteiger partial charge on any atom is 0.224 e. The number of aromatic nitrogens is 14. The predicted molar refractivity (Wildman–Crippen MR) is 438 cm³/mol. The van der Waals surface area contributed by atoms with E-state index in [1.54, 1.807) is 74.4 Å². The number of benzene rings is 2. The van der Waals surface area contributed by atoms with Crippen LogP contribution in [0.4, 0.5) is 11.4 Å². The molecule has 16 bridgehead atoms. The molecule has 0 radical (unpaired) electrons. The lowest BCUT2D eigenvalue weighted by atomic mass is 10.0. The molecule has 0 spiro atoms. The van der Waals surface area contributed by atoms with Crippen molar-refractivity contribution in [2.24, 2.45) is 0 Å². The van der Waals surface area contributed by atoms with Crippen LogP contribution in [0.5, 0.6) is 0 Å². The van der Waals surface area contributed by atoms with Crippen molar-refractivity contribution in [2.75, 3.05) is 10.6 Å². The summed E-state index contributed by atoms with van der Waals surface area (Å²) >= 11 is 0. The Kier molecular flexibility index (Phi) is 18.0. The molecule has 16 heterocycles. The number of pyridine rings is 6. The Bertz CT molecular complexity index is 5900. The van der Waals surface area contributed by atoms with Crippen LogP contribution >= 0.6 is 0 Å². The first-order valence-electron chi connectivity index (χ1n) is 36.4. The molecule has 2 aromatic carbocycles. The Hall–Kier alpha value is -14.5. The van der Waals surface area contributed by atoms with Crippen molar-refractivity contribution in [1.82, 2.24) is 69.8 Å². The lowest BCUT2D eigenvalue weighted by molar-refractivity contribution is -0.117. The predicted octanol–water partition coefficient (Wildman–Crippen LogP) is 20.6. The minimum atomic E-state index is -0.0983. The van der Waals surface area contributed by atoms with E-state index < -0.39 is 0 Å². The third-order valence-corrected chi connectivity index (χ3v) is 20.1. The number of nitrogens with one attached hydrogen (secondary N) is 6. The lowest BCUT2D eigenvalue weighted by Gasteiger charge is -2.13. The topological polar surface area (TPSA) is 250 Å². The molecule has 18 nitrogen and oxygen atoms in total. The van der Waals surface area contributed by atoms with E-state index in [-0.39, 0.29) is 11.8 Å². The van der Waals surface area contributed by atoms with Gasteiger partial charge in [-0.3, -0.25) is 39.5 Å². The SMILES string of the molecule is O=C(CCCCCCCC(=O)Nc1ccccc1-c1c2nc(c(-c3ccncc3)c3ccc([nH]3)c(-c3ccncc3)c3nc(c(-c4ccncc4)c4ccc1[nH]4)C=C3)C=C2)Nc1ccccc1-c1c2nc(c(-c3ccncc3)c3ccc([nH]3)c(-c3ccncc3)c3nc(c(-c4ccncc4)c4ccc1[nH]4)C=C3)C=C2. The van der Waals surface area contributed by atoms with Crippen molar-refractivity contribution < 1.29 is 9.59 Å². The summed E-state index contributed by atoms with van der Waals surface area (Å²) in [6.07, 6.45) is 42.4. The van der Waals surface area contributed by atoms with Gasteiger partial charge in [-0.25, -0.2) is 19.9 Å². The summed E-state index contributed by atoms with van der Waals surface area (Å²) in [5.41, 5.74) is 28.4. The quantitative estimate of drug-likeness (QED) is 0.0439. The van der Waals surface area contributed by atoms with Crippen LogP contribution in [0, 0.1) is 0 Å². The van der Waals surface area contributed by atoms with Gasteiger partial charge in [0.1, 0.15) is 0 Å². The van der Waals surface area contributed by atoms with E-state index in [9.17, 15) is 9.59 Å². The number of hydrogen-bond donors (Lipinski definition) is 6. The average molecular weight is 1420 g/mol. The zero-order valence-corrected chi connectivity index (χ0v) is 59.0. The summed E-state index contributed by atoms with van der Waals surface area (Å²) in [6, 6.07) is 56.5. The minimum Gasteiger partial charge on any atom is -0.354 e. The summed E-state index contributed by atoms with van der Waals surface area (Å²) in [6.45, 7) is 0. The highest BCUT2D eigenvalue weighted by Gasteiger charge is 2.24. The van der Waals surface area contributed by atoms with Gasteiger partial charge in [0.15, 0.2) is 0 Å². The van der Waals surface area contributed by atoms with Crippen molar-refractivity contribution in [1.29, 1.82) is 0 Å². The fourth-order valence-electron chi connectivity index (χ4n) is 15.1. The molecule has 0 saturated carbocycles. The largest absolute Gasteiger partial charge is 0.354 e. The Labute approximate surface area is 626 Å². The maximum absolute atomic E-state index is 14.3. The summed E-state index contributed by atoms with van der Waals surface area (Å²) < 4.78 is 0. The molecular formula is C91H68N16O2. The fraction of sp³-hybridized carbons (Fsp3) is 0.0769. The molecule has 524 valence electrons. The van der Waals surface area contributed by atoms with Crippen LogP contribution in [-0.2, 0) is 9.59 Å². The minimum absolute atomic E-state index is 0.0983. The molecule has 12 aromatic heterocycles. The number of rotatable bonds is 18. The monoisotopic (exact) mass is 1420 g/mol. The van der Waals surface area contributed by atoms with Gasteiger partial charge >= 0.3 is 0 Å². The zero-order valence-electron chi connectivity index (χ0n) is 59.0. The number of hydrogen-bond acceptors (Lipinski definition) is 12. The van der Waals surface area contributed by atoms with Crippen LogP contribution < -0.4 is 10.6 Å². The molecule has 0 fully saturated rings. The Morgan fingerprint density at radius 2 is 0.440 bits per heavy atom. The van der Waals surface area contributed by atoms with Crippen molar-refractivity contribution in [3.8, 4) is 89.0 Å². The van der Waals surface area contributed by atoms with E-state index >= 15 is 0 Å². The van der Waals surface area contributed by atoms with Gasteiger partial charge < -0.3 is 30.6 Å². The molecule has 18 rings (SSSR count). The van der Waals surface area contributed by atoms with E-state index in [4.69, 9.17) is 19.9 Å². The highest BCUT2D eigenvalue weighted by molar-refractivity contribution is 6.06. The van der Waals surface area contributed by atoms with Crippen LogP contribution in [0.2, 0.25) is 0 Å². The summed E-state index contributed by atoms with van der Waals surface area (Å²) in [5, 5.41) is 6.63. The Morgan fingerprint density at radius 3 is 0.679 bits per heavy atom. The van der Waals surface area contributed by atoms with Gasteiger partial charge in [-0.1, -0.05) is 55.7 Å². The van der Waals surface area contributed by atoms with Crippen molar-refractivity contribution in [3.05, 3.63) is 290 Å². The molecule has 2 amide bonds. The van der Waals surface area contributed by atoms with Crippen LogP contribution in [0.25, 0.3) is 182 Å². The van der Waals surface area contributed by atoms with Gasteiger partial charge in [-0.2, -0.15) is 0 Å². The number of fused-ring (bicyclic) bond motifs is 16. The third kappa shape index (κ3) is 13.4. The number of para-hydroxylation sites is 2. The molecule has 18 heteroatoms. The smallest absolute Gasteiger partial charge is 0.224 e. The standard InChI is InChI=1S/C91H68N16O2/c108-82(106-64-12-8-6-10-62(64)90-78-28-24-74(102-78)86(58-36-48-94-49-37-58)70-20-16-66(98-70)84(56-32-44-92-45-33-56)67-17-21-71(99-67)87(59-38-50-95-51-39-59)75-25-29-79(90)103-75)14-4-2-1-3-5-15-83(109)107-65-13-9-7-11-63(65)91-80-30-26-76(104-80)88(60-40-52-96-53-41-60)72-22-18-68(100-72)85(57-34-46-93-47-35-57)69-19-23-73(101-69)89(61-42-54-97-55-43-61)77-27-31-81(91)105-77/h6-13,16-55,98,100,103,105H,1-5,14-15H2,(H,106,108)(H,107,109).